The van der Waals surface area contributed by atoms with Gasteiger partial charge in [-0.2, -0.15) is 0 Å². The smallest absolute Gasteiger partial charge is 0.248 e. The minimum absolute atomic E-state index is 0.0669. The van der Waals surface area contributed by atoms with Crippen molar-refractivity contribution in [3.05, 3.63) is 72.3 Å². The Labute approximate surface area is 166 Å². The Kier molecular flexibility index (Phi) is 5.81. The summed E-state index contributed by atoms with van der Waals surface area (Å²) in [7, 11) is -2.72. The van der Waals surface area contributed by atoms with Crippen molar-refractivity contribution in [2.75, 3.05) is 12.4 Å². The second kappa shape index (κ2) is 8.29. The molecule has 150 valence electrons. The Morgan fingerprint density at radius 2 is 1.93 bits per heavy atom. The second-order valence-electron chi connectivity index (χ2n) is 5.92. The van der Waals surface area contributed by atoms with Crippen molar-refractivity contribution < 1.29 is 26.8 Å². The summed E-state index contributed by atoms with van der Waals surface area (Å²) in [5.41, 5.74) is 0.529. The highest BCUT2D eigenvalue weighted by Crippen LogP contribution is 2.27. The van der Waals surface area contributed by atoms with Crippen molar-refractivity contribution in [1.29, 1.82) is 0 Å². The Morgan fingerprint density at radius 3 is 2.62 bits per heavy atom. The molecule has 1 amide bonds. The molecule has 0 aliphatic carbocycles. The van der Waals surface area contributed by atoms with E-state index in [1.165, 1.54) is 43.5 Å². The summed E-state index contributed by atoms with van der Waals surface area (Å²) in [5, 5.41) is 7.68. The summed E-state index contributed by atoms with van der Waals surface area (Å²) in [6.45, 7) is 0. The van der Waals surface area contributed by atoms with Crippen LogP contribution in [0.5, 0.6) is 5.75 Å². The van der Waals surface area contributed by atoms with Crippen LogP contribution in [0.25, 0.3) is 17.4 Å². The Morgan fingerprint density at radius 1 is 1.17 bits per heavy atom. The predicted octanol–water partition coefficient (Wildman–Crippen LogP) is 3.39. The minimum Gasteiger partial charge on any atom is -0.495 e. The maximum absolute atomic E-state index is 13.8. The van der Waals surface area contributed by atoms with E-state index in [0.29, 0.717) is 17.1 Å². The molecule has 0 unspecified atom stereocenters. The van der Waals surface area contributed by atoms with Gasteiger partial charge in [-0.1, -0.05) is 12.1 Å². The third-order valence-corrected chi connectivity index (χ3v) is 4.83. The molecule has 0 saturated carbocycles. The Hall–Kier alpha value is -3.43. The predicted molar refractivity (Wildman–Crippen MR) is 106 cm³/mol. The fourth-order valence-corrected chi connectivity index (χ4v) is 3.29. The molecule has 1 heterocycles. The van der Waals surface area contributed by atoms with Gasteiger partial charge in [0.05, 0.1) is 12.7 Å². The van der Waals surface area contributed by atoms with E-state index >= 15 is 0 Å². The van der Waals surface area contributed by atoms with Gasteiger partial charge in [-0.25, -0.2) is 17.9 Å². The fraction of sp³-hybridized carbons (Fsp3) is 0.0500. The van der Waals surface area contributed by atoms with Crippen molar-refractivity contribution in [3.63, 3.8) is 0 Å². The average molecular weight is 416 g/mol. The number of rotatable bonds is 6. The van der Waals surface area contributed by atoms with E-state index in [1.54, 1.807) is 30.3 Å². The first-order valence-electron chi connectivity index (χ1n) is 8.32. The number of anilines is 1. The van der Waals surface area contributed by atoms with Crippen molar-refractivity contribution in [1.82, 2.24) is 0 Å². The molecule has 0 atom stereocenters. The third kappa shape index (κ3) is 4.89. The van der Waals surface area contributed by atoms with E-state index in [-0.39, 0.29) is 16.3 Å². The molecule has 0 spiro atoms. The standard InChI is InChI=1S/C20H17FN2O5S/c1-27-18-9-6-13(12-19(18)29(22,25)26)23-20(24)11-8-14-7-10-17(28-14)15-4-2-3-5-16(15)21/h2-12H,1H3,(H,23,24)(H2,22,25,26)/b11-8+. The lowest BCUT2D eigenvalue weighted by molar-refractivity contribution is -0.111. The van der Waals surface area contributed by atoms with Crippen LogP contribution in [0, 0.1) is 5.82 Å². The minimum atomic E-state index is -4.03. The van der Waals surface area contributed by atoms with Crippen molar-refractivity contribution in [2.45, 2.75) is 4.90 Å². The Balaban J connectivity index is 1.73. The summed E-state index contributed by atoms with van der Waals surface area (Å²) in [6, 6.07) is 13.4. The fourth-order valence-electron chi connectivity index (χ4n) is 2.57. The molecule has 2 aromatic carbocycles. The number of nitrogens with two attached hydrogens (primary N) is 1. The number of carbonyl (C=O) groups is 1. The first kappa shape index (κ1) is 20.3. The van der Waals surface area contributed by atoms with Crippen molar-refractivity contribution >= 4 is 27.7 Å². The zero-order chi connectivity index (χ0) is 21.0. The van der Waals surface area contributed by atoms with Crippen LogP contribution in [0.1, 0.15) is 5.76 Å². The number of furan rings is 1. The number of amides is 1. The van der Waals surface area contributed by atoms with Gasteiger partial charge in [0.25, 0.3) is 0 Å². The van der Waals surface area contributed by atoms with Gasteiger partial charge >= 0.3 is 0 Å². The average Bonchev–Trinajstić information content (AvgIpc) is 3.15. The summed E-state index contributed by atoms with van der Waals surface area (Å²) >= 11 is 0. The van der Waals surface area contributed by atoms with E-state index in [4.69, 9.17) is 14.3 Å². The number of sulfonamides is 1. The lowest BCUT2D eigenvalue weighted by Gasteiger charge is -2.09. The molecular weight excluding hydrogens is 399 g/mol. The van der Waals surface area contributed by atoms with Gasteiger partial charge in [-0.3, -0.25) is 4.79 Å². The van der Waals surface area contributed by atoms with Crippen LogP contribution in [0.4, 0.5) is 10.1 Å². The first-order valence-corrected chi connectivity index (χ1v) is 9.87. The summed E-state index contributed by atoms with van der Waals surface area (Å²) in [5.74, 6) is -0.202. The van der Waals surface area contributed by atoms with Crippen molar-refractivity contribution in [2.24, 2.45) is 5.14 Å². The van der Waals surface area contributed by atoms with Crippen molar-refractivity contribution in [3.8, 4) is 17.1 Å². The van der Waals surface area contributed by atoms with E-state index in [0.717, 1.165) is 0 Å². The zero-order valence-corrected chi connectivity index (χ0v) is 16.1. The van der Waals surface area contributed by atoms with Gasteiger partial charge < -0.3 is 14.5 Å². The number of ether oxygens (including phenoxy) is 1. The summed E-state index contributed by atoms with van der Waals surface area (Å²) in [6.07, 6.45) is 2.61. The maximum atomic E-state index is 13.8. The largest absolute Gasteiger partial charge is 0.495 e. The molecule has 0 aliphatic heterocycles. The number of nitrogens with one attached hydrogen (secondary N) is 1. The Bertz CT molecular complexity index is 1190. The molecule has 9 heteroatoms. The molecule has 0 radical (unpaired) electrons. The SMILES string of the molecule is COc1ccc(NC(=O)/C=C/c2ccc(-c3ccccc3F)o2)cc1S(N)(=O)=O. The maximum Gasteiger partial charge on any atom is 0.248 e. The molecule has 0 aliphatic rings. The molecule has 0 fully saturated rings. The van der Waals surface area contributed by atoms with Crippen LogP contribution in [0.2, 0.25) is 0 Å². The van der Waals surface area contributed by atoms with E-state index in [9.17, 15) is 17.6 Å². The zero-order valence-electron chi connectivity index (χ0n) is 15.3. The van der Waals surface area contributed by atoms with Gasteiger partial charge in [0, 0.05) is 11.8 Å². The number of benzene rings is 2. The summed E-state index contributed by atoms with van der Waals surface area (Å²) < 4.78 is 47.6. The van der Waals surface area contributed by atoms with E-state index in [2.05, 4.69) is 5.32 Å². The van der Waals surface area contributed by atoms with Crippen LogP contribution in [0.3, 0.4) is 0 Å². The molecule has 3 aromatic rings. The molecular formula is C20H17FN2O5S. The van der Waals surface area contributed by atoms with Crippen LogP contribution in [0.15, 0.2) is 70.0 Å². The lowest BCUT2D eigenvalue weighted by atomic mass is 10.1. The third-order valence-electron chi connectivity index (χ3n) is 3.90. The highest BCUT2D eigenvalue weighted by atomic mass is 32.2. The van der Waals surface area contributed by atoms with Crippen LogP contribution < -0.4 is 15.2 Å². The molecule has 0 bridgehead atoms. The molecule has 7 nitrogen and oxygen atoms in total. The monoisotopic (exact) mass is 416 g/mol. The molecule has 1 aromatic heterocycles. The molecule has 3 rings (SSSR count). The second-order valence-corrected chi connectivity index (χ2v) is 7.44. The number of primary sulfonamides is 1. The highest BCUT2D eigenvalue weighted by molar-refractivity contribution is 7.89. The van der Waals surface area contributed by atoms with E-state index in [1.807, 2.05) is 0 Å². The number of hydrogen-bond donors (Lipinski definition) is 2. The van der Waals surface area contributed by atoms with Gasteiger partial charge in [0.2, 0.25) is 15.9 Å². The number of hydrogen-bond acceptors (Lipinski definition) is 5. The number of methoxy groups -OCH3 is 1. The normalized spacial score (nSPS) is 11.6. The molecule has 0 saturated heterocycles. The molecule has 3 N–H and O–H groups in total. The van der Waals surface area contributed by atoms with Gasteiger partial charge in [-0.15, -0.1) is 0 Å². The van der Waals surface area contributed by atoms with Crippen LogP contribution in [-0.2, 0) is 14.8 Å². The topological polar surface area (TPSA) is 112 Å². The summed E-state index contributed by atoms with van der Waals surface area (Å²) in [4.78, 5) is 11.9. The number of halogens is 1. The van der Waals surface area contributed by atoms with Crippen LogP contribution in [-0.4, -0.2) is 21.4 Å². The van der Waals surface area contributed by atoms with Gasteiger partial charge in [0.15, 0.2) is 0 Å². The first-order chi connectivity index (χ1) is 13.8. The highest BCUT2D eigenvalue weighted by Gasteiger charge is 2.16. The quantitative estimate of drug-likeness (QED) is 0.598. The molecule has 29 heavy (non-hydrogen) atoms. The van der Waals surface area contributed by atoms with Gasteiger partial charge in [-0.05, 0) is 48.5 Å². The van der Waals surface area contributed by atoms with Gasteiger partial charge in [0.1, 0.15) is 28.0 Å². The van der Waals surface area contributed by atoms with Crippen LogP contribution >= 0.6 is 0 Å². The number of carbonyl (C=O) groups excluding carboxylic acids is 1. The van der Waals surface area contributed by atoms with E-state index < -0.39 is 21.7 Å². The lowest BCUT2D eigenvalue weighted by Crippen LogP contribution is -2.15.